The van der Waals surface area contributed by atoms with Crippen LogP contribution in [0.3, 0.4) is 0 Å². The Morgan fingerprint density at radius 1 is 0.946 bits per heavy atom. The third kappa shape index (κ3) is 5.37. The minimum Gasteiger partial charge on any atom is -0.493 e. The number of carbonyl (C=O) groups excluding carboxylic acids is 2. The van der Waals surface area contributed by atoms with Gasteiger partial charge in [0, 0.05) is 6.07 Å². The number of non-ortho nitro benzene ring substituents is 1. The highest BCUT2D eigenvalue weighted by molar-refractivity contribution is 6.13. The average Bonchev–Trinajstić information content (AvgIpc) is 3.12. The second-order valence-electron chi connectivity index (χ2n) is 8.05. The number of hydrogen-bond donors (Lipinski definition) is 1. The minimum atomic E-state index is -0.787. The number of ether oxygens (including phenoxy) is 2. The van der Waals surface area contributed by atoms with Crippen molar-refractivity contribution in [2.45, 2.75) is 13.5 Å². The van der Waals surface area contributed by atoms with Crippen LogP contribution in [0.25, 0.3) is 6.08 Å². The summed E-state index contributed by atoms with van der Waals surface area (Å²) >= 11 is 0. The number of amides is 3. The van der Waals surface area contributed by atoms with Crippen molar-refractivity contribution < 1.29 is 28.9 Å². The smallest absolute Gasteiger partial charge is 0.329 e. The van der Waals surface area contributed by atoms with Crippen LogP contribution >= 0.6 is 0 Å². The number of rotatable bonds is 8. The second-order valence-corrected chi connectivity index (χ2v) is 8.05. The van der Waals surface area contributed by atoms with E-state index in [4.69, 9.17) is 9.47 Å². The lowest BCUT2D eigenvalue weighted by Crippen LogP contribution is -2.30. The molecule has 3 aromatic rings. The van der Waals surface area contributed by atoms with E-state index in [1.165, 1.54) is 25.3 Å². The first-order chi connectivity index (χ1) is 17.7. The fourth-order valence-electron chi connectivity index (χ4n) is 3.70. The first-order valence-corrected chi connectivity index (χ1v) is 10.8. The van der Waals surface area contributed by atoms with Crippen molar-refractivity contribution in [2.24, 2.45) is 0 Å². The fourth-order valence-corrected chi connectivity index (χ4v) is 3.70. The maximum absolute atomic E-state index is 12.9. The van der Waals surface area contributed by atoms with Gasteiger partial charge < -0.3 is 14.8 Å². The highest BCUT2D eigenvalue weighted by Gasteiger charge is 2.33. The normalized spacial score (nSPS) is 14.0. The fraction of sp³-hybridized carbons (Fsp3) is 0.120. The van der Waals surface area contributed by atoms with Crippen molar-refractivity contribution in [1.82, 2.24) is 10.2 Å². The summed E-state index contributed by atoms with van der Waals surface area (Å²) in [5.74, 6) is -0.433. The van der Waals surface area contributed by atoms with Crippen molar-refractivity contribution in [3.05, 3.63) is 103 Å². The van der Waals surface area contributed by atoms with Gasteiger partial charge >= 0.3 is 11.7 Å². The van der Waals surface area contributed by atoms with Gasteiger partial charge in [-0.15, -0.1) is 0 Å². The molecule has 37 heavy (non-hydrogen) atoms. The van der Waals surface area contributed by atoms with Crippen molar-refractivity contribution in [2.75, 3.05) is 7.11 Å². The third-order valence-corrected chi connectivity index (χ3v) is 5.45. The summed E-state index contributed by atoms with van der Waals surface area (Å²) in [5, 5.41) is 24.9. The van der Waals surface area contributed by atoms with Gasteiger partial charge in [-0.2, -0.15) is 0 Å². The van der Waals surface area contributed by atoms with Crippen molar-refractivity contribution in [1.29, 1.82) is 0 Å². The molecule has 1 fully saturated rings. The molecule has 3 amide bonds. The SMILES string of the molecule is COc1cc(/C=C2/NC(=O)N(Cc3cccc(C)c3)C2=O)ccc1Oc1ccc([N+](=O)[O-])cc1[N+](=O)[O-]. The lowest BCUT2D eigenvalue weighted by molar-refractivity contribution is -0.394. The van der Waals surface area contributed by atoms with Gasteiger partial charge in [-0.1, -0.05) is 35.9 Å². The van der Waals surface area contributed by atoms with Crippen molar-refractivity contribution >= 4 is 29.4 Å². The minimum absolute atomic E-state index is 0.0689. The van der Waals surface area contributed by atoms with E-state index in [1.807, 2.05) is 31.2 Å². The standard InChI is InChI=1S/C25H20N4O8/c1-15-4-3-5-17(10-15)14-27-24(30)19(26-25(27)31)11-16-6-8-22(23(12-16)36-2)37-21-9-7-18(28(32)33)13-20(21)29(34)35/h3-13H,14H2,1-2H3,(H,26,31)/b19-11+. The summed E-state index contributed by atoms with van der Waals surface area (Å²) in [7, 11) is 1.36. The number of nitro groups is 2. The molecule has 1 aliphatic heterocycles. The lowest BCUT2D eigenvalue weighted by atomic mass is 10.1. The summed E-state index contributed by atoms with van der Waals surface area (Å²) in [6.45, 7) is 2.04. The lowest BCUT2D eigenvalue weighted by Gasteiger charge is -2.12. The Labute approximate surface area is 210 Å². The van der Waals surface area contributed by atoms with Gasteiger partial charge in [-0.3, -0.25) is 29.9 Å². The second kappa shape index (κ2) is 10.2. The van der Waals surface area contributed by atoms with Gasteiger partial charge in [0.15, 0.2) is 11.5 Å². The molecule has 0 aliphatic carbocycles. The highest BCUT2D eigenvalue weighted by atomic mass is 16.6. The molecule has 12 heteroatoms. The summed E-state index contributed by atoms with van der Waals surface area (Å²) < 4.78 is 11.0. The highest BCUT2D eigenvalue weighted by Crippen LogP contribution is 2.38. The van der Waals surface area contributed by atoms with E-state index < -0.39 is 33.2 Å². The van der Waals surface area contributed by atoms with Crippen LogP contribution in [0.4, 0.5) is 16.2 Å². The number of aryl methyl sites for hydroxylation is 1. The number of nitrogens with one attached hydrogen (secondary N) is 1. The molecule has 1 heterocycles. The zero-order chi connectivity index (χ0) is 26.7. The largest absolute Gasteiger partial charge is 0.493 e. The van der Waals surface area contributed by atoms with Crippen LogP contribution < -0.4 is 14.8 Å². The molecule has 1 N–H and O–H groups in total. The topological polar surface area (TPSA) is 154 Å². The Hall–Kier alpha value is -5.26. The number of carbonyl (C=O) groups is 2. The van der Waals surface area contributed by atoms with Gasteiger partial charge in [-0.25, -0.2) is 4.79 Å². The number of benzene rings is 3. The van der Waals surface area contributed by atoms with Gasteiger partial charge in [0.05, 0.1) is 29.6 Å². The molecule has 0 radical (unpaired) electrons. The molecule has 1 saturated heterocycles. The summed E-state index contributed by atoms with van der Waals surface area (Å²) in [6.07, 6.45) is 1.47. The number of methoxy groups -OCH3 is 1. The molecule has 3 aromatic carbocycles. The molecule has 0 bridgehead atoms. The predicted molar refractivity (Wildman–Crippen MR) is 131 cm³/mol. The summed E-state index contributed by atoms with van der Waals surface area (Å²) in [6, 6.07) is 14.5. The van der Waals surface area contributed by atoms with Gasteiger partial charge in [-0.05, 0) is 42.3 Å². The van der Waals surface area contributed by atoms with Crippen LogP contribution in [0.15, 0.2) is 66.4 Å². The number of imide groups is 1. The number of nitro benzene ring substituents is 2. The molecule has 0 aromatic heterocycles. The molecule has 4 rings (SSSR count). The first-order valence-electron chi connectivity index (χ1n) is 10.8. The Kier molecular flexibility index (Phi) is 6.82. The van der Waals surface area contributed by atoms with Gasteiger partial charge in [0.2, 0.25) is 5.75 Å². The van der Waals surface area contributed by atoms with Crippen LogP contribution in [0.2, 0.25) is 0 Å². The Morgan fingerprint density at radius 3 is 2.38 bits per heavy atom. The van der Waals surface area contributed by atoms with E-state index in [9.17, 15) is 29.8 Å². The van der Waals surface area contributed by atoms with E-state index in [-0.39, 0.29) is 29.5 Å². The van der Waals surface area contributed by atoms with E-state index in [0.29, 0.717) is 5.56 Å². The van der Waals surface area contributed by atoms with Crippen molar-refractivity contribution in [3.8, 4) is 17.2 Å². The molecule has 0 unspecified atom stereocenters. The zero-order valence-corrected chi connectivity index (χ0v) is 19.7. The van der Waals surface area contributed by atoms with Gasteiger partial charge in [0.1, 0.15) is 5.70 Å². The van der Waals surface area contributed by atoms with Crippen LogP contribution in [-0.4, -0.2) is 33.8 Å². The van der Waals surface area contributed by atoms with Crippen LogP contribution in [0, 0.1) is 27.2 Å². The van der Waals surface area contributed by atoms with Crippen LogP contribution in [0.5, 0.6) is 17.2 Å². The Balaban J connectivity index is 1.57. The van der Waals surface area contributed by atoms with E-state index in [2.05, 4.69) is 5.32 Å². The molecular formula is C25H20N4O8. The summed E-state index contributed by atoms with van der Waals surface area (Å²) in [4.78, 5) is 47.2. The quantitative estimate of drug-likeness (QED) is 0.200. The molecular weight excluding hydrogens is 484 g/mol. The van der Waals surface area contributed by atoms with E-state index in [0.717, 1.165) is 34.2 Å². The molecule has 188 valence electrons. The Bertz CT molecular complexity index is 1470. The predicted octanol–water partition coefficient (Wildman–Crippen LogP) is 4.71. The van der Waals surface area contributed by atoms with E-state index >= 15 is 0 Å². The third-order valence-electron chi connectivity index (χ3n) is 5.45. The first kappa shape index (κ1) is 24.9. The molecule has 1 aliphatic rings. The molecule has 0 spiro atoms. The van der Waals surface area contributed by atoms with Crippen LogP contribution in [-0.2, 0) is 11.3 Å². The van der Waals surface area contributed by atoms with Crippen molar-refractivity contribution in [3.63, 3.8) is 0 Å². The summed E-state index contributed by atoms with van der Waals surface area (Å²) in [5.41, 5.74) is 1.34. The monoisotopic (exact) mass is 504 g/mol. The maximum Gasteiger partial charge on any atom is 0.329 e. The number of hydrogen-bond acceptors (Lipinski definition) is 8. The maximum atomic E-state index is 12.9. The zero-order valence-electron chi connectivity index (χ0n) is 19.7. The average molecular weight is 504 g/mol. The Morgan fingerprint density at radius 2 is 1.70 bits per heavy atom. The van der Waals surface area contributed by atoms with E-state index in [1.54, 1.807) is 6.07 Å². The molecule has 0 saturated carbocycles. The van der Waals surface area contributed by atoms with Gasteiger partial charge in [0.25, 0.3) is 11.6 Å². The number of nitrogens with zero attached hydrogens (tertiary/aromatic N) is 3. The van der Waals surface area contributed by atoms with Crippen LogP contribution in [0.1, 0.15) is 16.7 Å². The molecule has 12 nitrogen and oxygen atoms in total. The molecule has 0 atom stereocenters. The number of urea groups is 1.